The first kappa shape index (κ1) is 13.3. The van der Waals surface area contributed by atoms with Gasteiger partial charge in [-0.2, -0.15) is 0 Å². The summed E-state index contributed by atoms with van der Waals surface area (Å²) in [6.07, 6.45) is -0.311. The lowest BCUT2D eigenvalue weighted by Crippen LogP contribution is -2.50. The molecular formula is C10H17BrN2O3. The molecule has 0 aromatic rings. The number of piperazine rings is 1. The fourth-order valence-electron chi connectivity index (χ4n) is 1.39. The Bertz CT molecular complexity index is 280. The van der Waals surface area contributed by atoms with E-state index in [9.17, 15) is 9.59 Å². The Morgan fingerprint density at radius 2 is 1.50 bits per heavy atom. The first-order chi connectivity index (χ1) is 7.29. The van der Waals surface area contributed by atoms with E-state index in [4.69, 9.17) is 4.74 Å². The van der Waals surface area contributed by atoms with Gasteiger partial charge in [0.05, 0.1) is 0 Å². The minimum atomic E-state index is -0.473. The summed E-state index contributed by atoms with van der Waals surface area (Å²) in [5, 5.41) is 0. The predicted molar refractivity (Wildman–Crippen MR) is 63.7 cm³/mol. The molecule has 0 atom stereocenters. The number of carbonyl (C=O) groups excluding carboxylic acids is 2. The van der Waals surface area contributed by atoms with E-state index in [-0.39, 0.29) is 10.9 Å². The van der Waals surface area contributed by atoms with Crippen LogP contribution in [-0.4, -0.2) is 52.5 Å². The molecule has 1 rings (SSSR count). The van der Waals surface area contributed by atoms with E-state index in [1.807, 2.05) is 20.8 Å². The van der Waals surface area contributed by atoms with Crippen LogP contribution in [0.3, 0.4) is 0 Å². The lowest BCUT2D eigenvalue weighted by atomic mass is 10.2. The second-order valence-corrected chi connectivity index (χ2v) is 5.39. The minimum Gasteiger partial charge on any atom is -0.444 e. The molecule has 1 fully saturated rings. The third kappa shape index (κ3) is 4.00. The van der Waals surface area contributed by atoms with Crippen LogP contribution in [0.5, 0.6) is 0 Å². The molecule has 0 aromatic heterocycles. The van der Waals surface area contributed by atoms with Gasteiger partial charge in [0.2, 0.25) is 0 Å². The molecule has 1 saturated heterocycles. The quantitative estimate of drug-likeness (QED) is 0.507. The Labute approximate surface area is 104 Å². The Kier molecular flexibility index (Phi) is 4.18. The van der Waals surface area contributed by atoms with Gasteiger partial charge < -0.3 is 14.5 Å². The zero-order valence-corrected chi connectivity index (χ0v) is 11.4. The molecule has 1 aliphatic rings. The van der Waals surface area contributed by atoms with Gasteiger partial charge in [-0.15, -0.1) is 0 Å². The van der Waals surface area contributed by atoms with E-state index in [0.717, 1.165) is 0 Å². The molecule has 6 heteroatoms. The normalized spacial score (nSPS) is 17.2. The zero-order valence-electron chi connectivity index (χ0n) is 9.83. The molecule has 92 valence electrons. The average Bonchev–Trinajstić information content (AvgIpc) is 2.15. The van der Waals surface area contributed by atoms with Crippen molar-refractivity contribution in [3.63, 3.8) is 0 Å². The van der Waals surface area contributed by atoms with Gasteiger partial charge in [-0.1, -0.05) is 0 Å². The second kappa shape index (κ2) is 5.03. The molecule has 5 nitrogen and oxygen atoms in total. The predicted octanol–water partition coefficient (Wildman–Crippen LogP) is 2.05. The standard InChI is InChI=1S/C10H17BrN2O3/c1-10(2,3)16-9(15)13-6-4-12(5-7-13)8(11)14/h4-7H2,1-3H3. The monoisotopic (exact) mass is 292 g/mol. The number of halogens is 1. The van der Waals surface area contributed by atoms with Crippen molar-refractivity contribution >= 4 is 26.8 Å². The fourth-order valence-corrected chi connectivity index (χ4v) is 1.75. The van der Waals surface area contributed by atoms with E-state index in [1.165, 1.54) is 0 Å². The van der Waals surface area contributed by atoms with Crippen LogP contribution in [0.25, 0.3) is 0 Å². The summed E-state index contributed by atoms with van der Waals surface area (Å²) < 4.78 is 5.24. The van der Waals surface area contributed by atoms with Gasteiger partial charge in [-0.05, 0) is 20.8 Å². The SMILES string of the molecule is CC(C)(C)OC(=O)N1CCN(C(=O)Br)CC1. The van der Waals surface area contributed by atoms with E-state index in [2.05, 4.69) is 15.9 Å². The van der Waals surface area contributed by atoms with E-state index in [0.29, 0.717) is 26.2 Å². The molecule has 0 aromatic carbocycles. The summed E-state index contributed by atoms with van der Waals surface area (Å²) >= 11 is 2.89. The molecule has 0 saturated carbocycles. The highest BCUT2D eigenvalue weighted by Crippen LogP contribution is 2.12. The third-order valence-corrected chi connectivity index (χ3v) is 2.68. The lowest BCUT2D eigenvalue weighted by Gasteiger charge is -2.34. The van der Waals surface area contributed by atoms with Gasteiger partial charge in [0.15, 0.2) is 0 Å². The second-order valence-electron chi connectivity index (χ2n) is 4.71. The third-order valence-electron chi connectivity index (χ3n) is 2.18. The summed E-state index contributed by atoms with van der Waals surface area (Å²) in [6.45, 7) is 7.64. The van der Waals surface area contributed by atoms with Crippen molar-refractivity contribution in [3.8, 4) is 0 Å². The van der Waals surface area contributed by atoms with E-state index >= 15 is 0 Å². The van der Waals surface area contributed by atoms with Crippen LogP contribution in [0.2, 0.25) is 0 Å². The van der Waals surface area contributed by atoms with Crippen LogP contribution in [0, 0.1) is 0 Å². The number of carbonyl (C=O) groups is 2. The minimum absolute atomic E-state index is 0.128. The Morgan fingerprint density at radius 1 is 1.06 bits per heavy atom. The molecule has 16 heavy (non-hydrogen) atoms. The summed E-state index contributed by atoms with van der Waals surface area (Å²) in [5.74, 6) is 0. The van der Waals surface area contributed by atoms with Crippen LogP contribution < -0.4 is 0 Å². The van der Waals surface area contributed by atoms with Gasteiger partial charge >= 0.3 is 6.09 Å². The Balaban J connectivity index is 2.42. The van der Waals surface area contributed by atoms with Crippen molar-refractivity contribution in [2.45, 2.75) is 26.4 Å². The Hall–Kier alpha value is -0.780. The highest BCUT2D eigenvalue weighted by atomic mass is 79.9. The lowest BCUT2D eigenvalue weighted by molar-refractivity contribution is 0.0178. The van der Waals surface area contributed by atoms with Crippen LogP contribution in [0.15, 0.2) is 0 Å². The van der Waals surface area contributed by atoms with Crippen molar-refractivity contribution < 1.29 is 14.3 Å². The maximum absolute atomic E-state index is 11.7. The maximum Gasteiger partial charge on any atom is 0.410 e. The van der Waals surface area contributed by atoms with E-state index < -0.39 is 5.60 Å². The van der Waals surface area contributed by atoms with Crippen molar-refractivity contribution in [3.05, 3.63) is 0 Å². The molecule has 0 bridgehead atoms. The van der Waals surface area contributed by atoms with Crippen LogP contribution in [0.4, 0.5) is 9.59 Å². The van der Waals surface area contributed by atoms with Crippen LogP contribution in [0.1, 0.15) is 20.8 Å². The van der Waals surface area contributed by atoms with Crippen molar-refractivity contribution in [1.29, 1.82) is 0 Å². The van der Waals surface area contributed by atoms with Crippen LogP contribution >= 0.6 is 15.9 Å². The molecule has 0 aliphatic carbocycles. The zero-order chi connectivity index (χ0) is 12.3. The largest absolute Gasteiger partial charge is 0.444 e. The molecule has 0 radical (unpaired) electrons. The molecule has 2 amide bonds. The van der Waals surface area contributed by atoms with Gasteiger partial charge in [-0.3, -0.25) is 4.79 Å². The first-order valence-electron chi connectivity index (χ1n) is 5.22. The average molecular weight is 293 g/mol. The van der Waals surface area contributed by atoms with Crippen molar-refractivity contribution in [2.24, 2.45) is 0 Å². The highest BCUT2D eigenvalue weighted by Gasteiger charge is 2.26. The van der Waals surface area contributed by atoms with Crippen molar-refractivity contribution in [1.82, 2.24) is 9.80 Å². The first-order valence-corrected chi connectivity index (χ1v) is 6.01. The van der Waals surface area contributed by atoms with Gasteiger partial charge in [-0.25, -0.2) is 4.79 Å². The number of hydrogen-bond acceptors (Lipinski definition) is 3. The maximum atomic E-state index is 11.7. The van der Waals surface area contributed by atoms with Gasteiger partial charge in [0.25, 0.3) is 4.82 Å². The summed E-state index contributed by atoms with van der Waals surface area (Å²) in [5.41, 5.74) is -0.473. The number of nitrogens with zero attached hydrogens (tertiary/aromatic N) is 2. The molecule has 0 N–H and O–H groups in total. The van der Waals surface area contributed by atoms with E-state index in [1.54, 1.807) is 9.80 Å². The highest BCUT2D eigenvalue weighted by molar-refractivity contribution is 9.18. The molecule has 1 aliphatic heterocycles. The number of ether oxygens (including phenoxy) is 1. The van der Waals surface area contributed by atoms with Gasteiger partial charge in [0, 0.05) is 42.1 Å². The molecule has 0 unspecified atom stereocenters. The smallest absolute Gasteiger partial charge is 0.410 e. The number of hydrogen-bond donors (Lipinski definition) is 0. The molecule has 1 heterocycles. The van der Waals surface area contributed by atoms with Crippen molar-refractivity contribution in [2.75, 3.05) is 26.2 Å². The Morgan fingerprint density at radius 3 is 1.88 bits per heavy atom. The summed E-state index contributed by atoms with van der Waals surface area (Å²) in [6, 6.07) is 0. The number of rotatable bonds is 0. The summed E-state index contributed by atoms with van der Waals surface area (Å²) in [4.78, 5) is 25.8. The number of amides is 2. The van der Waals surface area contributed by atoms with Crippen LogP contribution in [-0.2, 0) is 4.74 Å². The fraction of sp³-hybridized carbons (Fsp3) is 0.800. The molecule has 0 spiro atoms. The molecular weight excluding hydrogens is 276 g/mol. The topological polar surface area (TPSA) is 49.9 Å². The van der Waals surface area contributed by atoms with Gasteiger partial charge in [0.1, 0.15) is 5.60 Å². The summed E-state index contributed by atoms with van der Waals surface area (Å²) in [7, 11) is 0.